The van der Waals surface area contributed by atoms with Gasteiger partial charge < -0.3 is 10.6 Å². The van der Waals surface area contributed by atoms with E-state index < -0.39 is 0 Å². The third kappa shape index (κ3) is 3.34. The summed E-state index contributed by atoms with van der Waals surface area (Å²) in [5.41, 5.74) is 1.24. The number of rotatable bonds is 3. The van der Waals surface area contributed by atoms with Crippen LogP contribution in [0.1, 0.15) is 30.3 Å². The topological polar surface area (TPSA) is 54.0 Å². The van der Waals surface area contributed by atoms with Gasteiger partial charge in [-0.05, 0) is 50.6 Å². The number of hydrogen-bond acceptors (Lipinski definition) is 4. The summed E-state index contributed by atoms with van der Waals surface area (Å²) >= 11 is 1.39. The van der Waals surface area contributed by atoms with Crippen molar-refractivity contribution < 1.29 is 9.18 Å². The molecule has 0 aliphatic carbocycles. The number of hydrogen-bond donors (Lipinski definition) is 2. The Morgan fingerprint density at radius 3 is 2.91 bits per heavy atom. The highest BCUT2D eigenvalue weighted by molar-refractivity contribution is 7.13. The molecule has 2 atom stereocenters. The molecule has 1 aromatic carbocycles. The zero-order valence-electron chi connectivity index (χ0n) is 12.3. The Hall–Kier alpha value is -1.79. The van der Waals surface area contributed by atoms with E-state index >= 15 is 0 Å². The first-order valence-electron chi connectivity index (χ1n) is 7.39. The second-order valence-corrected chi connectivity index (χ2v) is 6.37. The van der Waals surface area contributed by atoms with Crippen molar-refractivity contribution in [2.75, 3.05) is 6.54 Å². The molecule has 22 heavy (non-hydrogen) atoms. The number of benzene rings is 1. The molecule has 6 heteroatoms. The van der Waals surface area contributed by atoms with Crippen molar-refractivity contribution in [3.05, 3.63) is 41.2 Å². The molecule has 2 unspecified atom stereocenters. The number of aromatic nitrogens is 1. The van der Waals surface area contributed by atoms with E-state index in [2.05, 4.69) is 22.5 Å². The van der Waals surface area contributed by atoms with Crippen LogP contribution in [0.3, 0.4) is 0 Å². The molecule has 1 aromatic heterocycles. The lowest BCUT2D eigenvalue weighted by atomic mass is 10.00. The lowest BCUT2D eigenvalue weighted by Gasteiger charge is -2.30. The largest absolute Gasteiger partial charge is 0.346 e. The molecule has 116 valence electrons. The quantitative estimate of drug-likeness (QED) is 0.915. The molecule has 0 saturated carbocycles. The van der Waals surface area contributed by atoms with E-state index in [4.69, 9.17) is 0 Å². The van der Waals surface area contributed by atoms with Crippen LogP contribution in [0, 0.1) is 5.82 Å². The van der Waals surface area contributed by atoms with E-state index in [1.54, 1.807) is 17.5 Å². The number of amides is 1. The summed E-state index contributed by atoms with van der Waals surface area (Å²) in [5.74, 6) is -0.428. The number of halogens is 1. The van der Waals surface area contributed by atoms with Crippen molar-refractivity contribution >= 4 is 17.2 Å². The third-order valence-corrected chi connectivity index (χ3v) is 4.80. The normalized spacial score (nSPS) is 21.5. The number of carbonyl (C=O) groups excluding carboxylic acids is 1. The van der Waals surface area contributed by atoms with Gasteiger partial charge in [-0.1, -0.05) is 0 Å². The molecular formula is C16H18FN3OS. The molecule has 4 nitrogen and oxygen atoms in total. The van der Waals surface area contributed by atoms with E-state index in [1.807, 2.05) is 0 Å². The Bertz CT molecular complexity index is 656. The fourth-order valence-electron chi connectivity index (χ4n) is 2.59. The Morgan fingerprint density at radius 1 is 1.41 bits per heavy atom. The maximum atomic E-state index is 12.9. The van der Waals surface area contributed by atoms with Gasteiger partial charge in [0.05, 0.1) is 0 Å². The summed E-state index contributed by atoms with van der Waals surface area (Å²) in [6.07, 6.45) is 2.04. The molecule has 1 aliphatic rings. The molecule has 0 radical (unpaired) electrons. The average molecular weight is 319 g/mol. The summed E-state index contributed by atoms with van der Waals surface area (Å²) in [6.45, 7) is 3.08. The van der Waals surface area contributed by atoms with Crippen LogP contribution in [0.25, 0.3) is 10.6 Å². The van der Waals surface area contributed by atoms with Crippen LogP contribution in [-0.4, -0.2) is 29.5 Å². The lowest BCUT2D eigenvalue weighted by Crippen LogP contribution is -2.51. The highest BCUT2D eigenvalue weighted by Gasteiger charge is 2.23. The van der Waals surface area contributed by atoms with Gasteiger partial charge in [-0.25, -0.2) is 9.37 Å². The molecule has 1 saturated heterocycles. The average Bonchev–Trinajstić information content (AvgIpc) is 3.00. The smallest absolute Gasteiger partial charge is 0.271 e. The predicted octanol–water partition coefficient (Wildman–Crippen LogP) is 2.82. The molecular weight excluding hydrogens is 301 g/mol. The first kappa shape index (κ1) is 15.1. The number of nitrogens with zero attached hydrogens (tertiary/aromatic N) is 1. The summed E-state index contributed by atoms with van der Waals surface area (Å²) < 4.78 is 12.9. The highest BCUT2D eigenvalue weighted by Crippen LogP contribution is 2.24. The predicted molar refractivity (Wildman–Crippen MR) is 85.5 cm³/mol. The van der Waals surface area contributed by atoms with Crippen molar-refractivity contribution in [3.63, 3.8) is 0 Å². The van der Waals surface area contributed by atoms with Gasteiger partial charge in [-0.15, -0.1) is 11.3 Å². The maximum Gasteiger partial charge on any atom is 0.271 e. The van der Waals surface area contributed by atoms with E-state index in [-0.39, 0.29) is 23.8 Å². The SMILES string of the molecule is CC1NCCCC1NC(=O)c1csc(-c2ccc(F)cc2)n1. The standard InChI is InChI=1S/C16H18FN3OS/c1-10-13(3-2-8-18-10)19-15(21)14-9-22-16(20-14)11-4-6-12(17)7-5-11/h4-7,9-10,13,18H,2-3,8H2,1H3,(H,19,21). The van der Waals surface area contributed by atoms with E-state index in [0.29, 0.717) is 5.69 Å². The number of thiazole rings is 1. The Morgan fingerprint density at radius 2 is 2.18 bits per heavy atom. The van der Waals surface area contributed by atoms with Crippen molar-refractivity contribution in [2.24, 2.45) is 0 Å². The third-order valence-electron chi connectivity index (χ3n) is 3.91. The second kappa shape index (κ2) is 6.54. The molecule has 3 rings (SSSR count). The van der Waals surface area contributed by atoms with Crippen LogP contribution in [-0.2, 0) is 0 Å². The monoisotopic (exact) mass is 319 g/mol. The Kier molecular flexibility index (Phi) is 4.49. The fraction of sp³-hybridized carbons (Fsp3) is 0.375. The van der Waals surface area contributed by atoms with Crippen LogP contribution >= 0.6 is 11.3 Å². The van der Waals surface area contributed by atoms with Gasteiger partial charge in [0.1, 0.15) is 16.5 Å². The van der Waals surface area contributed by atoms with Gasteiger partial charge in [0, 0.05) is 23.0 Å². The van der Waals surface area contributed by atoms with E-state index in [1.165, 1.54) is 23.5 Å². The van der Waals surface area contributed by atoms with Crippen LogP contribution in [0.2, 0.25) is 0 Å². The van der Waals surface area contributed by atoms with Gasteiger partial charge in [-0.3, -0.25) is 4.79 Å². The maximum absolute atomic E-state index is 12.9. The Labute approximate surface area is 132 Å². The van der Waals surface area contributed by atoms with E-state index in [9.17, 15) is 9.18 Å². The van der Waals surface area contributed by atoms with Crippen LogP contribution in [0.4, 0.5) is 4.39 Å². The van der Waals surface area contributed by atoms with Crippen LogP contribution in [0.5, 0.6) is 0 Å². The number of nitrogens with one attached hydrogen (secondary N) is 2. The van der Waals surface area contributed by atoms with Crippen LogP contribution < -0.4 is 10.6 Å². The molecule has 2 N–H and O–H groups in total. The van der Waals surface area contributed by atoms with E-state index in [0.717, 1.165) is 30.0 Å². The zero-order valence-corrected chi connectivity index (χ0v) is 13.1. The minimum atomic E-state index is -0.281. The molecule has 0 bridgehead atoms. The van der Waals surface area contributed by atoms with Crippen molar-refractivity contribution in [1.29, 1.82) is 0 Å². The van der Waals surface area contributed by atoms with Crippen molar-refractivity contribution in [3.8, 4) is 10.6 Å². The first-order valence-corrected chi connectivity index (χ1v) is 8.27. The number of carbonyl (C=O) groups is 1. The molecule has 1 fully saturated rings. The summed E-state index contributed by atoms with van der Waals surface area (Å²) in [4.78, 5) is 16.7. The highest BCUT2D eigenvalue weighted by atomic mass is 32.1. The Balaban J connectivity index is 1.70. The van der Waals surface area contributed by atoms with Gasteiger partial charge >= 0.3 is 0 Å². The summed E-state index contributed by atoms with van der Waals surface area (Å²) in [5, 5.41) is 8.87. The van der Waals surface area contributed by atoms with Gasteiger partial charge in [0.2, 0.25) is 0 Å². The summed E-state index contributed by atoms with van der Waals surface area (Å²) in [7, 11) is 0. The van der Waals surface area contributed by atoms with Crippen LogP contribution in [0.15, 0.2) is 29.6 Å². The van der Waals surface area contributed by atoms with Gasteiger partial charge in [-0.2, -0.15) is 0 Å². The minimum Gasteiger partial charge on any atom is -0.346 e. The molecule has 2 heterocycles. The van der Waals surface area contributed by atoms with Crippen molar-refractivity contribution in [1.82, 2.24) is 15.6 Å². The van der Waals surface area contributed by atoms with Gasteiger partial charge in [0.15, 0.2) is 0 Å². The number of piperidine rings is 1. The van der Waals surface area contributed by atoms with Gasteiger partial charge in [0.25, 0.3) is 5.91 Å². The second-order valence-electron chi connectivity index (χ2n) is 5.51. The molecule has 1 aliphatic heterocycles. The molecule has 0 spiro atoms. The first-order chi connectivity index (χ1) is 10.6. The molecule has 1 amide bonds. The molecule has 2 aromatic rings. The lowest BCUT2D eigenvalue weighted by molar-refractivity contribution is 0.0915. The van der Waals surface area contributed by atoms with Crippen molar-refractivity contribution in [2.45, 2.75) is 31.8 Å². The summed E-state index contributed by atoms with van der Waals surface area (Å²) in [6, 6.07) is 6.54. The zero-order chi connectivity index (χ0) is 15.5. The fourth-order valence-corrected chi connectivity index (χ4v) is 3.39. The minimum absolute atomic E-state index is 0.136.